The predicted octanol–water partition coefficient (Wildman–Crippen LogP) is 4.20. The van der Waals surface area contributed by atoms with Crippen molar-refractivity contribution in [3.05, 3.63) is 59.1 Å². The van der Waals surface area contributed by atoms with Crippen LogP contribution in [-0.4, -0.2) is 72.5 Å². The largest absolute Gasteiger partial charge is 0.497 e. The Labute approximate surface area is 214 Å². The van der Waals surface area contributed by atoms with Gasteiger partial charge in [-0.3, -0.25) is 14.8 Å². The monoisotopic (exact) mass is 515 g/mol. The summed E-state index contributed by atoms with van der Waals surface area (Å²) >= 11 is 7.45. The lowest BCUT2D eigenvalue weighted by molar-refractivity contribution is -0.121. The maximum Gasteiger partial charge on any atom is 0.221 e. The molecule has 0 spiro atoms. The van der Waals surface area contributed by atoms with Crippen molar-refractivity contribution in [3.8, 4) is 17.1 Å². The molecule has 1 aliphatic rings. The first-order valence-corrected chi connectivity index (χ1v) is 12.9. The molecule has 0 aliphatic carbocycles. The quantitative estimate of drug-likeness (QED) is 0.292. The minimum Gasteiger partial charge on any atom is -0.497 e. The Morgan fingerprint density at radius 1 is 1.20 bits per heavy atom. The van der Waals surface area contributed by atoms with Crippen molar-refractivity contribution in [3.63, 3.8) is 0 Å². The fourth-order valence-electron chi connectivity index (χ4n) is 3.81. The Morgan fingerprint density at radius 3 is 2.66 bits per heavy atom. The molecule has 1 atom stereocenters. The Kier molecular flexibility index (Phi) is 9.42. The van der Waals surface area contributed by atoms with E-state index < -0.39 is 0 Å². The van der Waals surface area contributed by atoms with Crippen molar-refractivity contribution in [2.45, 2.75) is 23.2 Å². The van der Waals surface area contributed by atoms with Gasteiger partial charge in [0.25, 0.3) is 0 Å². The van der Waals surface area contributed by atoms with Gasteiger partial charge in [0, 0.05) is 41.9 Å². The van der Waals surface area contributed by atoms with E-state index in [1.807, 2.05) is 48.5 Å². The van der Waals surface area contributed by atoms with Crippen molar-refractivity contribution in [1.29, 1.82) is 0 Å². The summed E-state index contributed by atoms with van der Waals surface area (Å²) in [7, 11) is 1.64. The number of carbonyl (C=O) groups is 1. The predicted molar refractivity (Wildman–Crippen MR) is 138 cm³/mol. The van der Waals surface area contributed by atoms with E-state index >= 15 is 0 Å². The molecule has 3 aromatic rings. The molecule has 1 amide bonds. The average molecular weight is 516 g/mol. The number of rotatable bonds is 11. The molecule has 10 heteroatoms. The van der Waals surface area contributed by atoms with Crippen molar-refractivity contribution < 1.29 is 14.3 Å². The van der Waals surface area contributed by atoms with Crippen LogP contribution in [0, 0.1) is 0 Å². The Bertz CT molecular complexity index is 1070. The average Bonchev–Trinajstić information content (AvgIpc) is 3.36. The van der Waals surface area contributed by atoms with E-state index in [2.05, 4.69) is 25.4 Å². The number of amides is 1. The van der Waals surface area contributed by atoms with E-state index in [1.165, 1.54) is 11.8 Å². The normalized spacial score (nSPS) is 15.0. The Hall–Kier alpha value is -2.59. The number of nitrogens with zero attached hydrogens (tertiary/aromatic N) is 3. The number of hydrogen-bond donors (Lipinski definition) is 2. The van der Waals surface area contributed by atoms with Gasteiger partial charge < -0.3 is 14.8 Å². The first-order valence-electron chi connectivity index (χ1n) is 11.7. The lowest BCUT2D eigenvalue weighted by atomic mass is 10.1. The highest BCUT2D eigenvalue weighted by Gasteiger charge is 2.20. The number of aromatic nitrogens is 3. The summed E-state index contributed by atoms with van der Waals surface area (Å²) in [6.07, 6.45) is 1.23. The number of carbonyl (C=O) groups excluding carboxylic acids is 1. The summed E-state index contributed by atoms with van der Waals surface area (Å²) in [5, 5.41) is 11.5. The second kappa shape index (κ2) is 12.9. The van der Waals surface area contributed by atoms with Crippen molar-refractivity contribution >= 4 is 29.3 Å². The number of H-pyrrole nitrogens is 1. The lowest BCUT2D eigenvalue weighted by Gasteiger charge is -2.26. The van der Waals surface area contributed by atoms with E-state index in [-0.39, 0.29) is 11.2 Å². The van der Waals surface area contributed by atoms with Crippen molar-refractivity contribution in [2.24, 2.45) is 0 Å². The number of benzene rings is 2. The van der Waals surface area contributed by atoms with Crippen LogP contribution in [0.1, 0.15) is 23.7 Å². The van der Waals surface area contributed by atoms with Gasteiger partial charge in [0.1, 0.15) is 5.75 Å². The van der Waals surface area contributed by atoms with Gasteiger partial charge in [-0.25, -0.2) is 4.98 Å². The minimum atomic E-state index is -0.144. The van der Waals surface area contributed by atoms with Gasteiger partial charge in [-0.15, -0.1) is 5.10 Å². The van der Waals surface area contributed by atoms with Crippen LogP contribution in [0.4, 0.5) is 0 Å². The van der Waals surface area contributed by atoms with Gasteiger partial charge in [0.05, 0.1) is 20.3 Å². The molecule has 1 fully saturated rings. The maximum absolute atomic E-state index is 12.8. The van der Waals surface area contributed by atoms with Crippen LogP contribution in [0.2, 0.25) is 5.02 Å². The minimum absolute atomic E-state index is 0.00811. The molecule has 0 bridgehead atoms. The van der Waals surface area contributed by atoms with Gasteiger partial charge in [-0.05, 0) is 54.9 Å². The van der Waals surface area contributed by atoms with Gasteiger partial charge in [-0.2, -0.15) is 0 Å². The highest BCUT2D eigenvalue weighted by molar-refractivity contribution is 7.99. The fourth-order valence-corrected chi connectivity index (χ4v) is 4.96. The third-order valence-electron chi connectivity index (χ3n) is 5.77. The maximum atomic E-state index is 12.8. The number of methoxy groups -OCH3 is 1. The smallest absolute Gasteiger partial charge is 0.221 e. The van der Waals surface area contributed by atoms with E-state index in [0.29, 0.717) is 29.0 Å². The first-order chi connectivity index (χ1) is 17.1. The third-order valence-corrected chi connectivity index (χ3v) is 7.13. The van der Waals surface area contributed by atoms with Crippen LogP contribution in [0.15, 0.2) is 53.7 Å². The summed E-state index contributed by atoms with van der Waals surface area (Å²) < 4.78 is 10.7. The molecule has 2 heterocycles. The number of hydrogen-bond acceptors (Lipinski definition) is 7. The highest BCUT2D eigenvalue weighted by Crippen LogP contribution is 2.37. The molecule has 1 aliphatic heterocycles. The van der Waals surface area contributed by atoms with Crippen LogP contribution in [0.3, 0.4) is 0 Å². The summed E-state index contributed by atoms with van der Waals surface area (Å²) in [6.45, 7) is 5.10. The van der Waals surface area contributed by atoms with E-state index in [0.717, 1.165) is 56.1 Å². The first kappa shape index (κ1) is 25.5. The van der Waals surface area contributed by atoms with Crippen LogP contribution < -0.4 is 10.1 Å². The number of morpholine rings is 1. The zero-order valence-corrected chi connectivity index (χ0v) is 21.3. The number of halogens is 1. The summed E-state index contributed by atoms with van der Waals surface area (Å²) in [4.78, 5) is 19.8. The van der Waals surface area contributed by atoms with Crippen LogP contribution in [-0.2, 0) is 9.53 Å². The number of thioether (sulfide) groups is 1. The van der Waals surface area contributed by atoms with E-state index in [9.17, 15) is 4.79 Å². The molecule has 4 rings (SSSR count). The van der Waals surface area contributed by atoms with Gasteiger partial charge in [-0.1, -0.05) is 35.5 Å². The fraction of sp³-hybridized carbons (Fsp3) is 0.400. The van der Waals surface area contributed by atoms with Crippen LogP contribution >= 0.6 is 23.4 Å². The Morgan fingerprint density at radius 2 is 1.94 bits per heavy atom. The molecule has 0 radical (unpaired) electrons. The topological polar surface area (TPSA) is 92.4 Å². The van der Waals surface area contributed by atoms with Gasteiger partial charge in [0.2, 0.25) is 11.1 Å². The summed E-state index contributed by atoms with van der Waals surface area (Å²) in [5.74, 6) is 1.44. The van der Waals surface area contributed by atoms with Gasteiger partial charge in [0.15, 0.2) is 5.82 Å². The molecular formula is C25H30ClN5O3S. The molecule has 0 saturated carbocycles. The molecule has 1 saturated heterocycles. The number of ether oxygens (including phenoxy) is 2. The van der Waals surface area contributed by atoms with Crippen LogP contribution in [0.5, 0.6) is 5.75 Å². The lowest BCUT2D eigenvalue weighted by Crippen LogP contribution is -2.38. The molecular weight excluding hydrogens is 486 g/mol. The SMILES string of the molecule is COc1ccc([C@@H](CC(=O)NCCCN2CCOCC2)Sc2n[nH]c(-c3ccc(Cl)cc3)n2)cc1. The molecule has 186 valence electrons. The summed E-state index contributed by atoms with van der Waals surface area (Å²) in [5.41, 5.74) is 1.91. The third kappa shape index (κ3) is 7.70. The molecule has 2 N–H and O–H groups in total. The second-order valence-corrected chi connectivity index (χ2v) is 9.82. The van der Waals surface area contributed by atoms with Gasteiger partial charge >= 0.3 is 0 Å². The van der Waals surface area contributed by atoms with E-state index in [4.69, 9.17) is 21.1 Å². The molecule has 8 nitrogen and oxygen atoms in total. The highest BCUT2D eigenvalue weighted by atomic mass is 35.5. The molecule has 2 aromatic carbocycles. The Balaban J connectivity index is 1.37. The standard InChI is InChI=1S/C25H30ClN5O3S/c1-33-21-9-5-18(6-10-21)22(17-23(32)27-11-2-12-31-13-15-34-16-14-31)35-25-28-24(29-30-25)19-3-7-20(26)8-4-19/h3-10,22H,2,11-17H2,1H3,(H,27,32)(H,28,29,30)/t22-/m1/s1. The second-order valence-electron chi connectivity index (χ2n) is 8.21. The molecule has 1 aromatic heterocycles. The number of nitrogens with one attached hydrogen (secondary N) is 2. The molecule has 0 unspecified atom stereocenters. The zero-order valence-electron chi connectivity index (χ0n) is 19.7. The van der Waals surface area contributed by atoms with Crippen molar-refractivity contribution in [2.75, 3.05) is 46.5 Å². The summed E-state index contributed by atoms with van der Waals surface area (Å²) in [6, 6.07) is 15.2. The van der Waals surface area contributed by atoms with E-state index in [1.54, 1.807) is 7.11 Å². The zero-order chi connectivity index (χ0) is 24.5. The number of aromatic amines is 1. The molecule has 35 heavy (non-hydrogen) atoms. The van der Waals surface area contributed by atoms with Crippen molar-refractivity contribution in [1.82, 2.24) is 25.4 Å². The van der Waals surface area contributed by atoms with Crippen LogP contribution in [0.25, 0.3) is 11.4 Å².